The molecule has 1 N–H and O–H groups in total. The maximum absolute atomic E-state index is 12.8. The second-order valence-electron chi connectivity index (χ2n) is 11.0. The number of likely N-dealkylation sites (tertiary alicyclic amines) is 1. The Morgan fingerprint density at radius 1 is 0.956 bits per heavy atom. The fourth-order valence-electron chi connectivity index (χ4n) is 5.60. The summed E-state index contributed by atoms with van der Waals surface area (Å²) in [5.41, 5.74) is 7.99. The molecule has 2 aliphatic rings. The summed E-state index contributed by atoms with van der Waals surface area (Å²) in [6.45, 7) is 1.93. The second-order valence-corrected chi connectivity index (χ2v) is 14.1. The van der Waals surface area contributed by atoms with Crippen LogP contribution in [0, 0.1) is 0 Å². The van der Waals surface area contributed by atoms with Crippen LogP contribution in [-0.4, -0.2) is 83.5 Å². The van der Waals surface area contributed by atoms with Crippen LogP contribution in [0.1, 0.15) is 46.9 Å². The van der Waals surface area contributed by atoms with Crippen LogP contribution >= 0.6 is 33.2 Å². The average molecular weight is 668 g/mol. The number of benzene rings is 2. The minimum atomic E-state index is -0.769. The fraction of sp³-hybridized carbons (Fsp3) is 0.382. The first-order valence-corrected chi connectivity index (χ1v) is 18.0. The molecular weight excluding hydrogens is 630 g/mol. The van der Waals surface area contributed by atoms with Crippen molar-refractivity contribution in [1.82, 2.24) is 14.8 Å². The van der Waals surface area contributed by atoms with Gasteiger partial charge in [0.15, 0.2) is 0 Å². The van der Waals surface area contributed by atoms with Crippen molar-refractivity contribution in [3.8, 4) is 0 Å². The average Bonchev–Trinajstić information content (AvgIpc) is 3.22. The lowest BCUT2D eigenvalue weighted by Gasteiger charge is -2.29. The number of aliphatic hydroxyl groups is 1. The molecule has 1 fully saturated rings. The van der Waals surface area contributed by atoms with E-state index >= 15 is 0 Å². The van der Waals surface area contributed by atoms with Crippen molar-refractivity contribution >= 4 is 50.9 Å². The van der Waals surface area contributed by atoms with E-state index in [1.165, 1.54) is 32.7 Å². The number of rotatable bonds is 10. The van der Waals surface area contributed by atoms with E-state index in [0.717, 1.165) is 42.0 Å². The highest BCUT2D eigenvalue weighted by Gasteiger charge is 2.27. The smallest absolute Gasteiger partial charge is 0.409 e. The molecule has 5 rings (SSSR count). The zero-order chi connectivity index (χ0) is 31.6. The van der Waals surface area contributed by atoms with E-state index in [2.05, 4.69) is 18.2 Å². The molecule has 0 radical (unpaired) electrons. The van der Waals surface area contributed by atoms with Crippen LogP contribution in [-0.2, 0) is 22.3 Å². The van der Waals surface area contributed by atoms with Crippen molar-refractivity contribution in [3.05, 3.63) is 105 Å². The summed E-state index contributed by atoms with van der Waals surface area (Å²) in [5, 5.41) is 11.0. The number of carbonyl (C=O) groups is 2. The van der Waals surface area contributed by atoms with Gasteiger partial charge in [-0.2, -0.15) is 0 Å². The van der Waals surface area contributed by atoms with Gasteiger partial charge in [0.25, 0.3) is 0 Å². The van der Waals surface area contributed by atoms with Gasteiger partial charge in [0.05, 0.1) is 18.3 Å². The third-order valence-corrected chi connectivity index (χ3v) is 10.5. The molecule has 1 aliphatic carbocycles. The monoisotopic (exact) mass is 667 g/mol. The lowest BCUT2D eigenvalue weighted by Crippen LogP contribution is -2.37. The van der Waals surface area contributed by atoms with Crippen molar-refractivity contribution in [2.45, 2.75) is 31.8 Å². The minimum absolute atomic E-state index is 0.153. The SMILES string of the molecule is CN(C[C@@H](O)c1ccccc1)C(=O)OCCSSCCOC(=O)N1CCC(=C2c3ccc(Cl)cc3CCc3cccnc32)CC1. The quantitative estimate of drug-likeness (QED) is 0.182. The number of likely N-dealkylation sites (N-methyl/N-ethyl adjacent to an activating group) is 1. The van der Waals surface area contributed by atoms with Gasteiger partial charge in [0.2, 0.25) is 0 Å². The van der Waals surface area contributed by atoms with Gasteiger partial charge in [-0.05, 0) is 66.1 Å². The highest BCUT2D eigenvalue weighted by atomic mass is 35.5. The summed E-state index contributed by atoms with van der Waals surface area (Å²) in [6.07, 6.45) is 3.71. The molecule has 3 aromatic rings. The van der Waals surface area contributed by atoms with E-state index in [9.17, 15) is 14.7 Å². The summed E-state index contributed by atoms with van der Waals surface area (Å²) in [7, 11) is 4.73. The number of hydrogen-bond donors (Lipinski definition) is 1. The van der Waals surface area contributed by atoms with Gasteiger partial charge in [0.1, 0.15) is 13.2 Å². The largest absolute Gasteiger partial charge is 0.449 e. The van der Waals surface area contributed by atoms with Gasteiger partial charge in [0, 0.05) is 48.4 Å². The molecule has 0 saturated carbocycles. The number of carbonyl (C=O) groups excluding carboxylic acids is 2. The highest BCUT2D eigenvalue weighted by molar-refractivity contribution is 8.76. The van der Waals surface area contributed by atoms with Gasteiger partial charge in [-0.3, -0.25) is 4.98 Å². The predicted molar refractivity (Wildman–Crippen MR) is 182 cm³/mol. The maximum Gasteiger partial charge on any atom is 0.409 e. The number of nitrogens with zero attached hydrogens (tertiary/aromatic N) is 3. The number of amides is 2. The van der Waals surface area contributed by atoms with Crippen molar-refractivity contribution in [2.24, 2.45) is 0 Å². The fourth-order valence-corrected chi connectivity index (χ4v) is 7.45. The maximum atomic E-state index is 12.8. The first kappa shape index (κ1) is 33.2. The van der Waals surface area contributed by atoms with E-state index < -0.39 is 12.2 Å². The molecule has 1 atom stereocenters. The Balaban J connectivity index is 1.01. The third-order valence-electron chi connectivity index (χ3n) is 7.92. The van der Waals surface area contributed by atoms with Crippen molar-refractivity contribution in [1.29, 1.82) is 0 Å². The number of fused-ring (bicyclic) bond motifs is 2. The van der Waals surface area contributed by atoms with Crippen LogP contribution in [0.25, 0.3) is 5.57 Å². The first-order chi connectivity index (χ1) is 21.9. The summed E-state index contributed by atoms with van der Waals surface area (Å²) >= 11 is 6.35. The van der Waals surface area contributed by atoms with E-state index in [-0.39, 0.29) is 19.2 Å². The molecule has 2 aromatic carbocycles. The second kappa shape index (κ2) is 16.4. The van der Waals surface area contributed by atoms with Crippen LogP contribution < -0.4 is 0 Å². The molecule has 2 heterocycles. The van der Waals surface area contributed by atoms with Crippen LogP contribution in [0.5, 0.6) is 0 Å². The topological polar surface area (TPSA) is 92.2 Å². The summed E-state index contributed by atoms with van der Waals surface area (Å²) < 4.78 is 10.9. The molecule has 2 amide bonds. The number of halogens is 1. The van der Waals surface area contributed by atoms with Crippen molar-refractivity contribution < 1.29 is 24.2 Å². The number of aryl methyl sites for hydroxylation is 2. The Morgan fingerprint density at radius 3 is 2.42 bits per heavy atom. The zero-order valence-electron chi connectivity index (χ0n) is 25.3. The number of ether oxygens (including phenoxy) is 2. The predicted octanol–water partition coefficient (Wildman–Crippen LogP) is 7.05. The van der Waals surface area contributed by atoms with Crippen LogP contribution in [0.3, 0.4) is 0 Å². The number of pyridine rings is 1. The van der Waals surface area contributed by atoms with Crippen molar-refractivity contribution in [2.75, 3.05) is 51.4 Å². The molecule has 1 saturated heterocycles. The van der Waals surface area contributed by atoms with Crippen molar-refractivity contribution in [3.63, 3.8) is 0 Å². The Kier molecular flexibility index (Phi) is 12.1. The molecular formula is C34H38ClN3O5S2. The molecule has 0 unspecified atom stereocenters. The van der Waals surface area contributed by atoms with Crippen LogP contribution in [0.15, 0.2) is 72.4 Å². The van der Waals surface area contributed by atoms with Crippen LogP contribution in [0.4, 0.5) is 9.59 Å². The summed E-state index contributed by atoms with van der Waals surface area (Å²) in [6, 6.07) is 19.5. The van der Waals surface area contributed by atoms with E-state index in [1.807, 2.05) is 48.7 Å². The molecule has 45 heavy (non-hydrogen) atoms. The Morgan fingerprint density at radius 2 is 1.67 bits per heavy atom. The van der Waals surface area contributed by atoms with E-state index in [1.54, 1.807) is 33.5 Å². The van der Waals surface area contributed by atoms with Gasteiger partial charge < -0.3 is 24.4 Å². The van der Waals surface area contributed by atoms with Gasteiger partial charge in [-0.15, -0.1) is 0 Å². The Bertz CT molecular complexity index is 1500. The molecule has 11 heteroatoms. The van der Waals surface area contributed by atoms with Gasteiger partial charge >= 0.3 is 12.2 Å². The standard InChI is InChI=1S/C34H38ClN3O5S2/c1-37(23-30(39)24-6-3-2-4-7-24)33(40)42-18-20-44-45-21-19-43-34(41)38-16-13-25(14-17-38)31-29-12-11-28(35)22-27(29)10-9-26-8-5-15-36-32(26)31/h2-8,11-12,15,22,30,39H,9-10,13-14,16-21,23H2,1H3/t30-/m1/s1. The molecule has 1 aliphatic heterocycles. The molecule has 0 spiro atoms. The number of piperidine rings is 1. The Hall–Kier alpha value is -3.18. The normalized spacial score (nSPS) is 15.0. The van der Waals surface area contributed by atoms with Crippen LogP contribution in [0.2, 0.25) is 5.02 Å². The molecule has 0 bridgehead atoms. The summed E-state index contributed by atoms with van der Waals surface area (Å²) in [5.74, 6) is 1.24. The minimum Gasteiger partial charge on any atom is -0.449 e. The molecule has 8 nitrogen and oxygen atoms in total. The zero-order valence-corrected chi connectivity index (χ0v) is 27.7. The number of hydrogen-bond acceptors (Lipinski definition) is 8. The number of aromatic nitrogens is 1. The highest BCUT2D eigenvalue weighted by Crippen LogP contribution is 2.38. The van der Waals surface area contributed by atoms with E-state index in [0.29, 0.717) is 31.2 Å². The van der Waals surface area contributed by atoms with E-state index in [4.69, 9.17) is 26.1 Å². The van der Waals surface area contributed by atoms with Gasteiger partial charge in [-0.1, -0.05) is 81.2 Å². The first-order valence-electron chi connectivity index (χ1n) is 15.1. The lowest BCUT2D eigenvalue weighted by atomic mass is 9.88. The molecule has 1 aromatic heterocycles. The third kappa shape index (κ3) is 8.97. The Labute approximate surface area is 277 Å². The summed E-state index contributed by atoms with van der Waals surface area (Å²) in [4.78, 5) is 32.9. The van der Waals surface area contributed by atoms with Gasteiger partial charge in [-0.25, -0.2) is 9.59 Å². The number of aliphatic hydroxyl groups excluding tert-OH is 1. The lowest BCUT2D eigenvalue weighted by molar-refractivity contribution is 0.0868. The molecule has 238 valence electrons.